The zero-order valence-corrected chi connectivity index (χ0v) is 19.8. The quantitative estimate of drug-likeness (QED) is 0.352. The monoisotopic (exact) mass is 419 g/mol. The van der Waals surface area contributed by atoms with Gasteiger partial charge in [0.1, 0.15) is 0 Å². The van der Waals surface area contributed by atoms with Crippen LogP contribution < -0.4 is 0 Å². The van der Waals surface area contributed by atoms with Crippen LogP contribution in [0.5, 0.6) is 0 Å². The van der Waals surface area contributed by atoms with Crippen LogP contribution in [-0.4, -0.2) is 50.8 Å². The third kappa shape index (κ3) is 5.10. The summed E-state index contributed by atoms with van der Waals surface area (Å²) in [7, 11) is -1.83. The zero-order chi connectivity index (χ0) is 21.2. The van der Waals surface area contributed by atoms with E-state index >= 15 is 0 Å². The Kier molecular flexibility index (Phi) is 6.88. The number of esters is 1. The second-order valence-electron chi connectivity index (χ2n) is 9.95. The highest BCUT2D eigenvalue weighted by molar-refractivity contribution is 6.74. The summed E-state index contributed by atoms with van der Waals surface area (Å²) in [6.45, 7) is 15.1. The van der Waals surface area contributed by atoms with Crippen molar-refractivity contribution in [1.29, 1.82) is 0 Å². The highest BCUT2D eigenvalue weighted by atomic mass is 28.4. The smallest absolute Gasteiger partial charge is 0.338 e. The molecule has 1 aromatic rings. The lowest BCUT2D eigenvalue weighted by Gasteiger charge is -2.44. The minimum atomic E-state index is -1.83. The Morgan fingerprint density at radius 3 is 2.59 bits per heavy atom. The van der Waals surface area contributed by atoms with Gasteiger partial charge in [-0.25, -0.2) is 4.79 Å². The standard InChI is InChI=1S/C23H37NO4Si/c1-17-21-19(13-10-16-26-22(25)18-11-8-7-9-12-18)24(27-17)15-14-20(21)28-29(5,6)23(2,3)4/h7-9,11-12,17,19-21H,10,13-16H2,1-6H3/t17-,19+,20-,21-/m1/s1. The van der Waals surface area contributed by atoms with Crippen molar-refractivity contribution in [3.8, 4) is 0 Å². The normalized spacial score (nSPS) is 29.7. The number of piperidine rings is 1. The van der Waals surface area contributed by atoms with E-state index in [2.05, 4.69) is 45.9 Å². The largest absolute Gasteiger partial charge is 0.462 e. The van der Waals surface area contributed by atoms with E-state index in [1.807, 2.05) is 18.2 Å². The van der Waals surface area contributed by atoms with Gasteiger partial charge in [0, 0.05) is 18.5 Å². The number of ether oxygens (including phenoxy) is 1. The number of fused-ring (bicyclic) bond motifs is 2. The predicted octanol–water partition coefficient (Wildman–Crippen LogP) is 5.04. The molecule has 2 aliphatic heterocycles. The van der Waals surface area contributed by atoms with Crippen molar-refractivity contribution < 1.29 is 18.8 Å². The Morgan fingerprint density at radius 1 is 1.24 bits per heavy atom. The lowest BCUT2D eigenvalue weighted by molar-refractivity contribution is -0.160. The molecule has 1 unspecified atom stereocenters. The number of hydrogen-bond acceptors (Lipinski definition) is 5. The van der Waals surface area contributed by atoms with Crippen molar-refractivity contribution in [2.75, 3.05) is 13.2 Å². The molecule has 5 nitrogen and oxygen atoms in total. The first-order valence-corrected chi connectivity index (χ1v) is 13.8. The summed E-state index contributed by atoms with van der Waals surface area (Å²) in [6.07, 6.45) is 3.24. The van der Waals surface area contributed by atoms with E-state index in [0.29, 0.717) is 24.1 Å². The average molecular weight is 420 g/mol. The van der Waals surface area contributed by atoms with Crippen molar-refractivity contribution in [2.45, 2.75) is 83.3 Å². The third-order valence-corrected chi connectivity index (χ3v) is 11.4. The first-order chi connectivity index (χ1) is 13.6. The molecule has 6 heteroatoms. The minimum absolute atomic E-state index is 0.170. The molecule has 5 atom stereocenters. The van der Waals surface area contributed by atoms with Gasteiger partial charge >= 0.3 is 5.97 Å². The number of benzene rings is 1. The Bertz CT molecular complexity index is 688. The van der Waals surface area contributed by atoms with Crippen LogP contribution in [0.2, 0.25) is 18.1 Å². The van der Waals surface area contributed by atoms with Crippen molar-refractivity contribution in [3.05, 3.63) is 35.9 Å². The molecule has 2 heterocycles. The number of hydrogen-bond donors (Lipinski definition) is 0. The van der Waals surface area contributed by atoms with Gasteiger partial charge in [-0.15, -0.1) is 0 Å². The molecule has 0 radical (unpaired) electrons. The van der Waals surface area contributed by atoms with Crippen LogP contribution in [0.25, 0.3) is 0 Å². The summed E-state index contributed by atoms with van der Waals surface area (Å²) >= 11 is 0. The molecule has 0 N–H and O–H groups in total. The number of rotatable bonds is 7. The van der Waals surface area contributed by atoms with Gasteiger partial charge in [0.2, 0.25) is 0 Å². The molecule has 0 aliphatic carbocycles. The molecular weight excluding hydrogens is 382 g/mol. The van der Waals surface area contributed by atoms with E-state index in [0.717, 1.165) is 25.8 Å². The van der Waals surface area contributed by atoms with E-state index < -0.39 is 8.32 Å². The summed E-state index contributed by atoms with van der Waals surface area (Å²) in [4.78, 5) is 18.3. The zero-order valence-electron chi connectivity index (χ0n) is 18.8. The van der Waals surface area contributed by atoms with Crippen LogP contribution in [0.4, 0.5) is 0 Å². The fourth-order valence-corrected chi connectivity index (χ4v) is 5.61. The Labute approximate surface area is 176 Å². The number of hydroxylamine groups is 2. The van der Waals surface area contributed by atoms with E-state index in [4.69, 9.17) is 14.0 Å². The third-order valence-electron chi connectivity index (χ3n) is 6.86. The second-order valence-corrected chi connectivity index (χ2v) is 14.7. The van der Waals surface area contributed by atoms with Crippen molar-refractivity contribution in [3.63, 3.8) is 0 Å². The van der Waals surface area contributed by atoms with Gasteiger partial charge in [-0.1, -0.05) is 39.0 Å². The van der Waals surface area contributed by atoms with Gasteiger partial charge < -0.3 is 9.16 Å². The van der Waals surface area contributed by atoms with Crippen LogP contribution in [0.1, 0.15) is 57.3 Å². The molecule has 2 bridgehead atoms. The molecule has 29 heavy (non-hydrogen) atoms. The number of carbonyl (C=O) groups is 1. The minimum Gasteiger partial charge on any atom is -0.462 e. The summed E-state index contributed by atoms with van der Waals surface area (Å²) in [6, 6.07) is 9.51. The SMILES string of the molecule is C[C@H]1ON2CC[C@@H](O[Si](C)(C)C(C)(C)C)[C@H]1[C@@H]2CCCOC(=O)c1ccccc1. The van der Waals surface area contributed by atoms with Crippen LogP contribution in [0.3, 0.4) is 0 Å². The molecule has 0 aromatic heterocycles. The Hall–Kier alpha value is -1.21. The van der Waals surface area contributed by atoms with Crippen molar-refractivity contribution in [1.82, 2.24) is 5.06 Å². The molecule has 0 spiro atoms. The van der Waals surface area contributed by atoms with E-state index in [9.17, 15) is 4.79 Å². The number of nitrogens with zero attached hydrogens (tertiary/aromatic N) is 1. The van der Waals surface area contributed by atoms with Crippen LogP contribution >= 0.6 is 0 Å². The molecule has 0 saturated carbocycles. The number of carbonyl (C=O) groups excluding carboxylic acids is 1. The van der Waals surface area contributed by atoms with E-state index in [1.165, 1.54) is 0 Å². The second kappa shape index (κ2) is 8.88. The van der Waals surface area contributed by atoms with E-state index in [1.54, 1.807) is 12.1 Å². The van der Waals surface area contributed by atoms with Crippen LogP contribution in [-0.2, 0) is 14.0 Å². The summed E-state index contributed by atoms with van der Waals surface area (Å²) in [5.74, 6) is 0.129. The van der Waals surface area contributed by atoms with Gasteiger partial charge in [0.15, 0.2) is 8.32 Å². The lowest BCUT2D eigenvalue weighted by Crippen LogP contribution is -2.52. The first kappa shape index (κ1) is 22.5. The first-order valence-electron chi connectivity index (χ1n) is 10.9. The van der Waals surface area contributed by atoms with Gasteiger partial charge in [0.05, 0.1) is 24.4 Å². The molecule has 0 amide bonds. The topological polar surface area (TPSA) is 48.0 Å². The van der Waals surface area contributed by atoms with Gasteiger partial charge in [-0.05, 0) is 56.5 Å². The van der Waals surface area contributed by atoms with Crippen LogP contribution in [0.15, 0.2) is 30.3 Å². The van der Waals surface area contributed by atoms with Gasteiger partial charge in [-0.2, -0.15) is 5.06 Å². The molecular formula is C23H37NO4Si. The summed E-state index contributed by atoms with van der Waals surface area (Å²) in [5, 5.41) is 2.35. The summed E-state index contributed by atoms with van der Waals surface area (Å²) < 4.78 is 12.3. The molecule has 2 aliphatic rings. The lowest BCUT2D eigenvalue weighted by atomic mass is 9.83. The van der Waals surface area contributed by atoms with Crippen LogP contribution in [0, 0.1) is 5.92 Å². The Balaban J connectivity index is 1.55. The molecule has 2 fully saturated rings. The van der Waals surface area contributed by atoms with Crippen molar-refractivity contribution >= 4 is 14.3 Å². The van der Waals surface area contributed by atoms with E-state index in [-0.39, 0.29) is 23.2 Å². The van der Waals surface area contributed by atoms with Crippen molar-refractivity contribution in [2.24, 2.45) is 5.92 Å². The fraction of sp³-hybridized carbons (Fsp3) is 0.696. The maximum atomic E-state index is 12.1. The molecule has 162 valence electrons. The highest BCUT2D eigenvalue weighted by Crippen LogP contribution is 2.44. The Morgan fingerprint density at radius 2 is 1.93 bits per heavy atom. The van der Waals surface area contributed by atoms with Gasteiger partial charge in [0.25, 0.3) is 0 Å². The molecule has 2 saturated heterocycles. The maximum absolute atomic E-state index is 12.1. The van der Waals surface area contributed by atoms with Gasteiger partial charge in [-0.3, -0.25) is 4.84 Å². The maximum Gasteiger partial charge on any atom is 0.338 e. The summed E-state index contributed by atoms with van der Waals surface area (Å²) in [5.41, 5.74) is 0.605. The fourth-order valence-electron chi connectivity index (χ4n) is 4.23. The molecule has 3 rings (SSSR count). The average Bonchev–Trinajstić information content (AvgIpc) is 2.87. The predicted molar refractivity (Wildman–Crippen MR) is 117 cm³/mol. The highest BCUT2D eigenvalue weighted by Gasteiger charge is 2.51. The molecule has 1 aromatic carbocycles.